The highest BCUT2D eigenvalue weighted by molar-refractivity contribution is 5.45. The summed E-state index contributed by atoms with van der Waals surface area (Å²) in [5.41, 5.74) is -0.0593. The van der Waals surface area contributed by atoms with Crippen molar-refractivity contribution >= 4 is 5.82 Å². The molecule has 0 bridgehead atoms. The molecule has 0 saturated carbocycles. The van der Waals surface area contributed by atoms with Gasteiger partial charge in [-0.1, -0.05) is 0 Å². The summed E-state index contributed by atoms with van der Waals surface area (Å²) in [5.74, 6) is 1.48. The van der Waals surface area contributed by atoms with Crippen molar-refractivity contribution in [1.29, 1.82) is 0 Å². The molecular formula is C14H21N3O3. The highest BCUT2D eigenvalue weighted by Crippen LogP contribution is 2.37. The zero-order chi connectivity index (χ0) is 14.0. The molecule has 0 unspecified atom stereocenters. The highest BCUT2D eigenvalue weighted by atomic mass is 16.5. The van der Waals surface area contributed by atoms with Crippen molar-refractivity contribution in [2.24, 2.45) is 0 Å². The third-order valence-electron chi connectivity index (χ3n) is 3.97. The van der Waals surface area contributed by atoms with Crippen molar-refractivity contribution in [3.63, 3.8) is 0 Å². The van der Waals surface area contributed by atoms with Crippen molar-refractivity contribution in [2.45, 2.75) is 31.5 Å². The van der Waals surface area contributed by atoms with Gasteiger partial charge in [0.25, 0.3) is 0 Å². The second-order valence-electron chi connectivity index (χ2n) is 5.38. The van der Waals surface area contributed by atoms with Crippen molar-refractivity contribution < 1.29 is 14.2 Å². The van der Waals surface area contributed by atoms with E-state index in [1.807, 2.05) is 13.0 Å². The maximum Gasteiger partial charge on any atom is 0.218 e. The first-order chi connectivity index (χ1) is 9.74. The van der Waals surface area contributed by atoms with Gasteiger partial charge in [-0.3, -0.25) is 0 Å². The van der Waals surface area contributed by atoms with Gasteiger partial charge in [-0.2, -0.15) is 0 Å². The van der Waals surface area contributed by atoms with Gasteiger partial charge in [-0.25, -0.2) is 9.97 Å². The number of nitrogens with zero attached hydrogens (tertiary/aromatic N) is 3. The maximum atomic E-state index is 5.99. The van der Waals surface area contributed by atoms with E-state index in [1.165, 1.54) is 6.33 Å². The molecule has 2 aliphatic heterocycles. The van der Waals surface area contributed by atoms with Crippen LogP contribution in [0.25, 0.3) is 0 Å². The van der Waals surface area contributed by atoms with Crippen molar-refractivity contribution in [1.82, 2.24) is 9.97 Å². The van der Waals surface area contributed by atoms with Crippen LogP contribution in [0.1, 0.15) is 19.8 Å². The first kappa shape index (κ1) is 13.6. The summed E-state index contributed by atoms with van der Waals surface area (Å²) in [4.78, 5) is 10.5. The summed E-state index contributed by atoms with van der Waals surface area (Å²) in [5, 5.41) is 0. The lowest BCUT2D eigenvalue weighted by molar-refractivity contribution is -0.144. The van der Waals surface area contributed by atoms with E-state index in [9.17, 15) is 0 Å². The molecule has 3 rings (SSSR count). The highest BCUT2D eigenvalue weighted by Gasteiger charge is 2.48. The smallest absolute Gasteiger partial charge is 0.218 e. The Labute approximate surface area is 119 Å². The molecule has 0 N–H and O–H groups in total. The predicted octanol–water partition coefficient (Wildman–Crippen LogP) is 1.26. The quantitative estimate of drug-likeness (QED) is 0.827. The molecule has 1 atom stereocenters. The zero-order valence-electron chi connectivity index (χ0n) is 12.0. The molecule has 2 aliphatic rings. The number of aromatic nitrogens is 2. The van der Waals surface area contributed by atoms with E-state index < -0.39 is 0 Å². The second-order valence-corrected chi connectivity index (χ2v) is 5.38. The van der Waals surface area contributed by atoms with Crippen LogP contribution in [0.2, 0.25) is 0 Å². The number of hydrogen-bond donors (Lipinski definition) is 0. The number of hydrogen-bond acceptors (Lipinski definition) is 6. The first-order valence-corrected chi connectivity index (χ1v) is 7.11. The number of ether oxygens (including phenoxy) is 3. The normalized spacial score (nSPS) is 24.5. The van der Waals surface area contributed by atoms with Crippen LogP contribution in [-0.2, 0) is 9.47 Å². The third kappa shape index (κ3) is 2.58. The SMILES string of the molecule is CCO[C@@H]1CCOC2(C1)CN(c1cc(OC)ncn1)C2. The van der Waals surface area contributed by atoms with Crippen LogP contribution >= 0.6 is 0 Å². The van der Waals surface area contributed by atoms with Gasteiger partial charge in [0.05, 0.1) is 26.3 Å². The summed E-state index contributed by atoms with van der Waals surface area (Å²) in [7, 11) is 1.61. The van der Waals surface area contributed by atoms with Crippen molar-refractivity contribution in [3.05, 3.63) is 12.4 Å². The number of anilines is 1. The minimum absolute atomic E-state index is 0.0593. The lowest BCUT2D eigenvalue weighted by Crippen LogP contribution is -2.66. The Morgan fingerprint density at radius 3 is 3.05 bits per heavy atom. The Morgan fingerprint density at radius 2 is 2.30 bits per heavy atom. The summed E-state index contributed by atoms with van der Waals surface area (Å²) >= 11 is 0. The van der Waals surface area contributed by atoms with Crippen LogP contribution in [-0.4, -0.2) is 55.1 Å². The van der Waals surface area contributed by atoms with Gasteiger partial charge in [0.15, 0.2) is 0 Å². The minimum atomic E-state index is -0.0593. The van der Waals surface area contributed by atoms with E-state index in [4.69, 9.17) is 14.2 Å². The molecule has 1 aromatic rings. The molecule has 20 heavy (non-hydrogen) atoms. The fraction of sp³-hybridized carbons (Fsp3) is 0.714. The largest absolute Gasteiger partial charge is 0.481 e. The van der Waals surface area contributed by atoms with Crippen LogP contribution in [0.15, 0.2) is 12.4 Å². The van der Waals surface area contributed by atoms with Crippen LogP contribution in [0, 0.1) is 0 Å². The Hall–Kier alpha value is -1.40. The standard InChI is InChI=1S/C14H21N3O3/c1-3-19-11-4-5-20-14(7-11)8-17(9-14)12-6-13(18-2)16-10-15-12/h6,10-11H,3-5,7-9H2,1-2H3/t11-/m1/s1. The summed E-state index contributed by atoms with van der Waals surface area (Å²) in [6.07, 6.45) is 3.83. The van der Waals surface area contributed by atoms with Gasteiger partial charge in [-0.05, 0) is 13.3 Å². The van der Waals surface area contributed by atoms with Crippen molar-refractivity contribution in [2.75, 3.05) is 38.3 Å². The topological polar surface area (TPSA) is 56.7 Å². The average molecular weight is 279 g/mol. The fourth-order valence-corrected chi connectivity index (χ4v) is 3.01. The summed E-state index contributed by atoms with van der Waals surface area (Å²) in [6.45, 7) is 5.31. The molecule has 110 valence electrons. The van der Waals surface area contributed by atoms with Gasteiger partial charge in [0.2, 0.25) is 5.88 Å². The van der Waals surface area contributed by atoms with Gasteiger partial charge >= 0.3 is 0 Å². The maximum absolute atomic E-state index is 5.99. The van der Waals surface area contributed by atoms with Crippen LogP contribution in [0.5, 0.6) is 5.88 Å². The monoisotopic (exact) mass is 279 g/mol. The molecule has 0 amide bonds. The van der Waals surface area contributed by atoms with E-state index in [2.05, 4.69) is 14.9 Å². The molecular weight excluding hydrogens is 258 g/mol. The Kier molecular flexibility index (Phi) is 3.76. The molecule has 2 saturated heterocycles. The minimum Gasteiger partial charge on any atom is -0.481 e. The predicted molar refractivity (Wildman–Crippen MR) is 74.1 cm³/mol. The van der Waals surface area contributed by atoms with E-state index in [0.717, 1.165) is 45.0 Å². The zero-order valence-corrected chi connectivity index (χ0v) is 12.0. The van der Waals surface area contributed by atoms with Crippen molar-refractivity contribution in [3.8, 4) is 5.88 Å². The summed E-state index contributed by atoms with van der Waals surface area (Å²) < 4.78 is 16.9. The first-order valence-electron chi connectivity index (χ1n) is 7.11. The lowest BCUT2D eigenvalue weighted by Gasteiger charge is -2.53. The van der Waals surface area contributed by atoms with Crippen LogP contribution < -0.4 is 9.64 Å². The molecule has 1 aromatic heterocycles. The van der Waals surface area contributed by atoms with E-state index in [1.54, 1.807) is 7.11 Å². The average Bonchev–Trinajstić information content (AvgIpc) is 2.45. The van der Waals surface area contributed by atoms with Gasteiger partial charge < -0.3 is 19.1 Å². The molecule has 0 aromatic carbocycles. The lowest BCUT2D eigenvalue weighted by atomic mass is 9.84. The molecule has 3 heterocycles. The van der Waals surface area contributed by atoms with Gasteiger partial charge in [-0.15, -0.1) is 0 Å². The molecule has 6 nitrogen and oxygen atoms in total. The molecule has 6 heteroatoms. The molecule has 0 aliphatic carbocycles. The number of methoxy groups -OCH3 is 1. The van der Waals surface area contributed by atoms with Gasteiger partial charge in [0.1, 0.15) is 17.7 Å². The Morgan fingerprint density at radius 1 is 1.45 bits per heavy atom. The van der Waals surface area contributed by atoms with E-state index >= 15 is 0 Å². The van der Waals surface area contributed by atoms with E-state index in [-0.39, 0.29) is 5.60 Å². The third-order valence-corrected chi connectivity index (χ3v) is 3.97. The van der Waals surface area contributed by atoms with E-state index in [0.29, 0.717) is 12.0 Å². The second kappa shape index (κ2) is 5.54. The Balaban J connectivity index is 1.62. The van der Waals surface area contributed by atoms with Gasteiger partial charge in [0, 0.05) is 25.7 Å². The fourth-order valence-electron chi connectivity index (χ4n) is 3.01. The van der Waals surface area contributed by atoms with Crippen LogP contribution in [0.4, 0.5) is 5.82 Å². The molecule has 2 fully saturated rings. The van der Waals surface area contributed by atoms with Crippen LogP contribution in [0.3, 0.4) is 0 Å². The number of rotatable bonds is 4. The summed E-state index contributed by atoms with van der Waals surface area (Å²) in [6, 6.07) is 1.86. The Bertz CT molecular complexity index is 461. The molecule has 1 spiro atoms. The molecule has 0 radical (unpaired) electrons.